The normalized spacial score (nSPS) is 16.0. The molecule has 2 aromatic heterocycles. The molecule has 0 atom stereocenters. The maximum absolute atomic E-state index is 11.2. The van der Waals surface area contributed by atoms with E-state index in [2.05, 4.69) is 10.3 Å². The summed E-state index contributed by atoms with van der Waals surface area (Å²) in [5, 5.41) is 22.5. The zero-order chi connectivity index (χ0) is 14.1. The monoisotopic (exact) mass is 275 g/mol. The SMILES string of the molecule is O=C(O)c1nc(CNC2CCCC2)n2c(O)cccc12. The van der Waals surface area contributed by atoms with Crippen LogP contribution >= 0.6 is 0 Å². The molecular formula is C14H17N3O3. The number of nitrogens with zero attached hydrogens (tertiary/aromatic N) is 2. The molecule has 0 unspecified atom stereocenters. The van der Waals surface area contributed by atoms with Crippen molar-refractivity contribution >= 4 is 11.5 Å². The molecule has 3 rings (SSSR count). The Morgan fingerprint density at radius 2 is 2.15 bits per heavy atom. The van der Waals surface area contributed by atoms with E-state index in [1.165, 1.54) is 23.3 Å². The molecule has 0 spiro atoms. The molecule has 0 aliphatic heterocycles. The molecule has 1 saturated carbocycles. The van der Waals surface area contributed by atoms with Gasteiger partial charge in [0.1, 0.15) is 5.82 Å². The Hall–Kier alpha value is -2.08. The molecule has 6 nitrogen and oxygen atoms in total. The molecule has 0 amide bonds. The molecule has 1 aliphatic carbocycles. The first kappa shape index (κ1) is 12.9. The third-order valence-corrected chi connectivity index (χ3v) is 3.82. The molecule has 0 aromatic carbocycles. The van der Waals surface area contributed by atoms with Gasteiger partial charge < -0.3 is 15.5 Å². The van der Waals surface area contributed by atoms with Gasteiger partial charge in [0.25, 0.3) is 0 Å². The molecule has 2 heterocycles. The van der Waals surface area contributed by atoms with E-state index in [9.17, 15) is 15.0 Å². The third kappa shape index (κ3) is 2.22. The van der Waals surface area contributed by atoms with Crippen molar-refractivity contribution in [1.29, 1.82) is 0 Å². The summed E-state index contributed by atoms with van der Waals surface area (Å²) in [5.74, 6) is -0.548. The summed E-state index contributed by atoms with van der Waals surface area (Å²) in [4.78, 5) is 15.4. The van der Waals surface area contributed by atoms with Crippen molar-refractivity contribution < 1.29 is 15.0 Å². The van der Waals surface area contributed by atoms with Gasteiger partial charge in [-0.1, -0.05) is 18.9 Å². The lowest BCUT2D eigenvalue weighted by molar-refractivity contribution is 0.0693. The van der Waals surface area contributed by atoms with Crippen LogP contribution in [-0.2, 0) is 6.54 Å². The van der Waals surface area contributed by atoms with Gasteiger partial charge in [-0.25, -0.2) is 9.78 Å². The van der Waals surface area contributed by atoms with Gasteiger partial charge in [0.15, 0.2) is 11.6 Å². The molecule has 1 aliphatic rings. The zero-order valence-electron chi connectivity index (χ0n) is 11.0. The molecule has 0 radical (unpaired) electrons. The molecule has 0 bridgehead atoms. The molecule has 20 heavy (non-hydrogen) atoms. The van der Waals surface area contributed by atoms with Crippen LogP contribution in [0.1, 0.15) is 42.0 Å². The van der Waals surface area contributed by atoms with Gasteiger partial charge in [-0.15, -0.1) is 0 Å². The minimum atomic E-state index is -1.08. The second-order valence-electron chi connectivity index (χ2n) is 5.15. The van der Waals surface area contributed by atoms with Gasteiger partial charge in [-0.05, 0) is 25.0 Å². The first-order chi connectivity index (χ1) is 9.66. The Labute approximate surface area is 116 Å². The van der Waals surface area contributed by atoms with E-state index in [1.807, 2.05) is 0 Å². The Bertz CT molecular complexity index is 644. The Morgan fingerprint density at radius 1 is 1.40 bits per heavy atom. The van der Waals surface area contributed by atoms with Gasteiger partial charge in [0.05, 0.1) is 12.1 Å². The molecule has 6 heteroatoms. The number of aromatic nitrogens is 2. The van der Waals surface area contributed by atoms with E-state index < -0.39 is 5.97 Å². The predicted molar refractivity (Wildman–Crippen MR) is 72.9 cm³/mol. The van der Waals surface area contributed by atoms with Gasteiger partial charge in [0.2, 0.25) is 0 Å². The topological polar surface area (TPSA) is 86.9 Å². The number of rotatable bonds is 4. The maximum atomic E-state index is 11.2. The van der Waals surface area contributed by atoms with Crippen molar-refractivity contribution in [2.24, 2.45) is 0 Å². The van der Waals surface area contributed by atoms with Crippen LogP contribution < -0.4 is 5.32 Å². The Kier molecular flexibility index (Phi) is 3.31. The minimum absolute atomic E-state index is 0.00530. The first-order valence-electron chi connectivity index (χ1n) is 6.83. The molecular weight excluding hydrogens is 258 g/mol. The average molecular weight is 275 g/mol. The quantitative estimate of drug-likeness (QED) is 0.791. The van der Waals surface area contributed by atoms with Crippen LogP contribution in [0.25, 0.3) is 5.52 Å². The van der Waals surface area contributed by atoms with E-state index in [0.717, 1.165) is 12.8 Å². The fourth-order valence-corrected chi connectivity index (χ4v) is 2.83. The predicted octanol–water partition coefficient (Wildman–Crippen LogP) is 1.77. The van der Waals surface area contributed by atoms with Crippen molar-refractivity contribution in [2.45, 2.75) is 38.3 Å². The van der Waals surface area contributed by atoms with Crippen LogP contribution in [0.2, 0.25) is 0 Å². The van der Waals surface area contributed by atoms with Crippen molar-refractivity contribution in [3.63, 3.8) is 0 Å². The number of pyridine rings is 1. The molecule has 3 N–H and O–H groups in total. The summed E-state index contributed by atoms with van der Waals surface area (Å²) in [6, 6.07) is 5.25. The highest BCUT2D eigenvalue weighted by molar-refractivity contribution is 5.93. The van der Waals surface area contributed by atoms with Crippen molar-refractivity contribution in [2.75, 3.05) is 0 Å². The van der Waals surface area contributed by atoms with E-state index in [1.54, 1.807) is 12.1 Å². The average Bonchev–Trinajstić information content (AvgIpc) is 3.04. The van der Waals surface area contributed by atoms with E-state index in [-0.39, 0.29) is 11.6 Å². The van der Waals surface area contributed by atoms with E-state index in [4.69, 9.17) is 0 Å². The number of carbonyl (C=O) groups is 1. The summed E-state index contributed by atoms with van der Waals surface area (Å²) in [6.45, 7) is 0.455. The Morgan fingerprint density at radius 3 is 2.85 bits per heavy atom. The summed E-state index contributed by atoms with van der Waals surface area (Å²) < 4.78 is 1.49. The van der Waals surface area contributed by atoms with E-state index >= 15 is 0 Å². The van der Waals surface area contributed by atoms with Crippen LogP contribution in [0, 0.1) is 0 Å². The van der Waals surface area contributed by atoms with Gasteiger partial charge in [-0.3, -0.25) is 4.40 Å². The van der Waals surface area contributed by atoms with Crippen molar-refractivity contribution in [3.8, 4) is 5.88 Å². The number of hydrogen-bond donors (Lipinski definition) is 3. The standard InChI is InChI=1S/C14H17N3O3/c18-12-7-3-6-10-13(14(19)20)16-11(17(10)12)8-15-9-4-1-2-5-9/h3,6-7,9,15,18H,1-2,4-5,8H2,(H,19,20). The molecule has 2 aromatic rings. The number of fused-ring (bicyclic) bond motifs is 1. The van der Waals surface area contributed by atoms with E-state index in [0.29, 0.717) is 23.9 Å². The third-order valence-electron chi connectivity index (χ3n) is 3.82. The number of carboxylic acids is 1. The minimum Gasteiger partial charge on any atom is -0.494 e. The zero-order valence-corrected chi connectivity index (χ0v) is 11.0. The molecule has 1 fully saturated rings. The van der Waals surface area contributed by atoms with Gasteiger partial charge >= 0.3 is 5.97 Å². The van der Waals surface area contributed by atoms with Crippen LogP contribution in [0.4, 0.5) is 0 Å². The summed E-state index contributed by atoms with van der Waals surface area (Å²) in [7, 11) is 0. The summed E-state index contributed by atoms with van der Waals surface area (Å²) in [5.41, 5.74) is 0.393. The molecule has 0 saturated heterocycles. The number of hydrogen-bond acceptors (Lipinski definition) is 4. The summed E-state index contributed by atoms with van der Waals surface area (Å²) >= 11 is 0. The highest BCUT2D eigenvalue weighted by Crippen LogP contribution is 2.22. The smallest absolute Gasteiger partial charge is 0.356 e. The number of carboxylic acid groups (broad SMARTS) is 1. The van der Waals surface area contributed by atoms with Crippen molar-refractivity contribution in [3.05, 3.63) is 29.7 Å². The number of aromatic hydroxyl groups is 1. The van der Waals surface area contributed by atoms with Gasteiger partial charge in [-0.2, -0.15) is 0 Å². The molecule has 106 valence electrons. The summed E-state index contributed by atoms with van der Waals surface area (Å²) in [6.07, 6.45) is 4.74. The lowest BCUT2D eigenvalue weighted by Crippen LogP contribution is -2.26. The Balaban J connectivity index is 1.94. The number of imidazole rings is 1. The lowest BCUT2D eigenvalue weighted by atomic mass is 10.2. The number of aromatic carboxylic acids is 1. The highest BCUT2D eigenvalue weighted by atomic mass is 16.4. The van der Waals surface area contributed by atoms with Crippen LogP contribution in [0.3, 0.4) is 0 Å². The second kappa shape index (κ2) is 5.13. The first-order valence-corrected chi connectivity index (χ1v) is 6.83. The number of nitrogens with one attached hydrogen (secondary N) is 1. The van der Waals surface area contributed by atoms with Crippen LogP contribution in [0.15, 0.2) is 18.2 Å². The van der Waals surface area contributed by atoms with Crippen molar-refractivity contribution in [1.82, 2.24) is 14.7 Å². The fourth-order valence-electron chi connectivity index (χ4n) is 2.83. The van der Waals surface area contributed by atoms with Crippen LogP contribution in [-0.4, -0.2) is 31.6 Å². The fraction of sp³-hybridized carbons (Fsp3) is 0.429. The van der Waals surface area contributed by atoms with Crippen LogP contribution in [0.5, 0.6) is 5.88 Å². The highest BCUT2D eigenvalue weighted by Gasteiger charge is 2.20. The lowest BCUT2D eigenvalue weighted by Gasteiger charge is -2.11. The van der Waals surface area contributed by atoms with Gasteiger partial charge in [0, 0.05) is 6.04 Å². The second-order valence-corrected chi connectivity index (χ2v) is 5.15. The largest absolute Gasteiger partial charge is 0.494 e. The maximum Gasteiger partial charge on any atom is 0.356 e.